The van der Waals surface area contributed by atoms with E-state index in [1.54, 1.807) is 54.1 Å². The van der Waals surface area contributed by atoms with Gasteiger partial charge in [-0.3, -0.25) is 14.3 Å². The number of hydrogen-bond acceptors (Lipinski definition) is 5. The lowest BCUT2D eigenvalue weighted by atomic mass is 10.1. The molecule has 0 saturated carbocycles. The second-order valence-corrected chi connectivity index (χ2v) is 8.13. The third kappa shape index (κ3) is 6.36. The highest BCUT2D eigenvalue weighted by Gasteiger charge is 2.19. The Morgan fingerprint density at radius 2 is 1.85 bits per heavy atom. The monoisotopic (exact) mass is 484 g/mol. The number of hydrogen-bond donors (Lipinski definition) is 2. The number of carbonyl (C=O) groups is 2. The summed E-state index contributed by atoms with van der Waals surface area (Å²) in [6.07, 6.45) is 0. The zero-order chi connectivity index (χ0) is 24.7. The molecule has 9 heteroatoms. The predicted octanol–water partition coefficient (Wildman–Crippen LogP) is 5.02. The van der Waals surface area contributed by atoms with Crippen LogP contribution < -0.4 is 15.4 Å². The van der Waals surface area contributed by atoms with Crippen LogP contribution in [-0.2, 0) is 9.53 Å². The molecule has 0 bridgehead atoms. The van der Waals surface area contributed by atoms with Crippen molar-refractivity contribution < 1.29 is 19.1 Å². The van der Waals surface area contributed by atoms with Crippen LogP contribution >= 0.6 is 11.6 Å². The van der Waals surface area contributed by atoms with E-state index in [-0.39, 0.29) is 11.8 Å². The summed E-state index contributed by atoms with van der Waals surface area (Å²) < 4.78 is 12.6. The number of halogens is 1. The number of nitrogens with one attached hydrogen (secondary N) is 2. The highest BCUT2D eigenvalue weighted by atomic mass is 35.5. The summed E-state index contributed by atoms with van der Waals surface area (Å²) in [5.41, 5.74) is 3.07. The molecule has 8 nitrogen and oxygen atoms in total. The number of amides is 2. The molecule has 0 aliphatic heterocycles. The van der Waals surface area contributed by atoms with Crippen molar-refractivity contribution in [2.24, 2.45) is 0 Å². The number of nitrogens with zero attached hydrogens (tertiary/aromatic N) is 2. The Balaban J connectivity index is 1.66. The van der Waals surface area contributed by atoms with E-state index in [4.69, 9.17) is 21.1 Å². The minimum Gasteiger partial charge on any atom is -0.490 e. The average Bonchev–Trinajstić information content (AvgIpc) is 3.15. The first-order chi connectivity index (χ1) is 16.3. The molecule has 0 radical (unpaired) electrons. The smallest absolute Gasteiger partial charge is 0.259 e. The van der Waals surface area contributed by atoms with Gasteiger partial charge < -0.3 is 20.1 Å². The molecule has 0 spiro atoms. The number of anilines is 2. The first-order valence-electron chi connectivity index (χ1n) is 11.0. The average molecular weight is 485 g/mol. The molecule has 2 N–H and O–H groups in total. The number of carbonyl (C=O) groups excluding carboxylic acids is 2. The van der Waals surface area contributed by atoms with Crippen molar-refractivity contribution in [2.75, 3.05) is 30.5 Å². The number of benzene rings is 2. The molecular formula is C25H29ClN4O4. The summed E-state index contributed by atoms with van der Waals surface area (Å²) in [5, 5.41) is 10.3. The van der Waals surface area contributed by atoms with Crippen LogP contribution in [0.25, 0.3) is 0 Å². The predicted molar refractivity (Wildman–Crippen MR) is 133 cm³/mol. The molecule has 180 valence electrons. The number of para-hydroxylation sites is 1. The summed E-state index contributed by atoms with van der Waals surface area (Å²) in [7, 11) is 0. The van der Waals surface area contributed by atoms with Gasteiger partial charge in [-0.2, -0.15) is 5.10 Å². The Morgan fingerprint density at radius 1 is 1.09 bits per heavy atom. The summed E-state index contributed by atoms with van der Waals surface area (Å²) in [4.78, 5) is 25.5. The zero-order valence-corrected chi connectivity index (χ0v) is 20.5. The molecule has 0 fully saturated rings. The van der Waals surface area contributed by atoms with Gasteiger partial charge in [0.05, 0.1) is 28.6 Å². The van der Waals surface area contributed by atoms with Crippen LogP contribution in [0.5, 0.6) is 5.75 Å². The molecule has 1 aromatic heterocycles. The second-order valence-electron chi connectivity index (χ2n) is 7.73. The topological polar surface area (TPSA) is 94.5 Å². The lowest BCUT2D eigenvalue weighted by Gasteiger charge is -2.16. The van der Waals surface area contributed by atoms with Gasteiger partial charge in [-0.05, 0) is 64.1 Å². The van der Waals surface area contributed by atoms with E-state index < -0.39 is 6.04 Å². The Labute approximate surface area is 204 Å². The first-order valence-corrected chi connectivity index (χ1v) is 11.4. The second kappa shape index (κ2) is 11.7. The van der Waals surface area contributed by atoms with E-state index in [1.165, 1.54) is 0 Å². The molecule has 1 heterocycles. The summed E-state index contributed by atoms with van der Waals surface area (Å²) >= 11 is 6.39. The third-order valence-electron chi connectivity index (χ3n) is 5.10. The van der Waals surface area contributed by atoms with Crippen LogP contribution in [-0.4, -0.2) is 41.4 Å². The fraction of sp³-hybridized carbons (Fsp3) is 0.320. The van der Waals surface area contributed by atoms with E-state index in [0.717, 1.165) is 11.4 Å². The molecule has 3 rings (SSSR count). The molecule has 2 amide bonds. The number of aryl methyl sites for hydroxylation is 2. The normalized spacial score (nSPS) is 11.7. The van der Waals surface area contributed by atoms with Gasteiger partial charge in [0, 0.05) is 18.0 Å². The quantitative estimate of drug-likeness (QED) is 0.394. The first kappa shape index (κ1) is 25.3. The molecule has 2 aromatic carbocycles. The van der Waals surface area contributed by atoms with Crippen molar-refractivity contribution in [2.45, 2.75) is 33.7 Å². The maximum Gasteiger partial charge on any atom is 0.259 e. The van der Waals surface area contributed by atoms with Crippen molar-refractivity contribution in [3.05, 3.63) is 70.5 Å². The van der Waals surface area contributed by atoms with Crippen molar-refractivity contribution in [3.8, 4) is 5.75 Å². The van der Waals surface area contributed by atoms with Gasteiger partial charge in [-0.25, -0.2) is 0 Å². The van der Waals surface area contributed by atoms with Crippen LogP contribution in [0.2, 0.25) is 5.02 Å². The van der Waals surface area contributed by atoms with Crippen molar-refractivity contribution in [1.29, 1.82) is 0 Å². The Morgan fingerprint density at radius 3 is 2.53 bits per heavy atom. The molecule has 34 heavy (non-hydrogen) atoms. The minimum atomic E-state index is -0.511. The Kier molecular flexibility index (Phi) is 8.67. The zero-order valence-electron chi connectivity index (χ0n) is 19.7. The van der Waals surface area contributed by atoms with Crippen LogP contribution in [0.3, 0.4) is 0 Å². The molecule has 1 unspecified atom stereocenters. The largest absolute Gasteiger partial charge is 0.490 e. The third-order valence-corrected chi connectivity index (χ3v) is 5.41. The molecule has 0 saturated heterocycles. The van der Waals surface area contributed by atoms with Gasteiger partial charge in [0.25, 0.3) is 5.91 Å². The fourth-order valence-corrected chi connectivity index (χ4v) is 3.64. The molecule has 1 atom stereocenters. The van der Waals surface area contributed by atoms with E-state index in [2.05, 4.69) is 15.7 Å². The van der Waals surface area contributed by atoms with Gasteiger partial charge in [0.1, 0.15) is 18.4 Å². The van der Waals surface area contributed by atoms with Gasteiger partial charge in [-0.15, -0.1) is 0 Å². The maximum absolute atomic E-state index is 12.8. The van der Waals surface area contributed by atoms with Crippen molar-refractivity contribution in [1.82, 2.24) is 9.78 Å². The molecule has 0 aliphatic carbocycles. The Hall–Kier alpha value is -3.36. The fourth-order valence-electron chi connectivity index (χ4n) is 3.41. The van der Waals surface area contributed by atoms with Crippen molar-refractivity contribution >= 4 is 34.8 Å². The van der Waals surface area contributed by atoms with Crippen LogP contribution in [0.15, 0.2) is 48.5 Å². The lowest BCUT2D eigenvalue weighted by Crippen LogP contribution is -2.25. The number of aromatic nitrogens is 2. The van der Waals surface area contributed by atoms with Crippen LogP contribution in [0.1, 0.15) is 41.6 Å². The van der Waals surface area contributed by atoms with Gasteiger partial charge in [0.2, 0.25) is 5.91 Å². The van der Waals surface area contributed by atoms with Crippen molar-refractivity contribution in [3.63, 3.8) is 0 Å². The van der Waals surface area contributed by atoms with Gasteiger partial charge in [0.15, 0.2) is 0 Å². The minimum absolute atomic E-state index is 0.247. The van der Waals surface area contributed by atoms with E-state index in [1.807, 2.05) is 26.8 Å². The highest BCUT2D eigenvalue weighted by Crippen LogP contribution is 2.28. The highest BCUT2D eigenvalue weighted by molar-refractivity contribution is 6.34. The van der Waals surface area contributed by atoms with Crippen LogP contribution in [0.4, 0.5) is 11.4 Å². The van der Waals surface area contributed by atoms with Gasteiger partial charge >= 0.3 is 0 Å². The van der Waals surface area contributed by atoms with E-state index >= 15 is 0 Å². The lowest BCUT2D eigenvalue weighted by molar-refractivity contribution is -0.119. The Bertz CT molecular complexity index is 1160. The van der Waals surface area contributed by atoms with Crippen LogP contribution in [0, 0.1) is 13.8 Å². The van der Waals surface area contributed by atoms with Gasteiger partial charge in [-0.1, -0.05) is 23.7 Å². The number of rotatable bonds is 10. The molecule has 3 aromatic rings. The molecule has 0 aliphatic rings. The van der Waals surface area contributed by atoms with E-state index in [0.29, 0.717) is 47.5 Å². The molecular weight excluding hydrogens is 456 g/mol. The maximum atomic E-state index is 12.8. The standard InChI is InChI=1S/C25H29ClN4O4/c1-5-33-12-13-34-23-9-7-6-8-20(23)25(32)27-19-10-11-22(21(26)15-19)28-24(31)18(4)30-17(3)14-16(2)29-30/h6-11,14-15,18H,5,12-13H2,1-4H3,(H,27,32)(H,28,31). The summed E-state index contributed by atoms with van der Waals surface area (Å²) in [6.45, 7) is 8.84. The van der Waals surface area contributed by atoms with E-state index in [9.17, 15) is 9.59 Å². The summed E-state index contributed by atoms with van der Waals surface area (Å²) in [6, 6.07) is 13.3. The summed E-state index contributed by atoms with van der Waals surface area (Å²) in [5.74, 6) is -0.117. The number of ether oxygens (including phenoxy) is 2. The SMILES string of the molecule is CCOCCOc1ccccc1C(=O)Nc1ccc(NC(=O)C(C)n2nc(C)cc2C)c(Cl)c1.